The normalized spacial score (nSPS) is 10.5. The lowest BCUT2D eigenvalue weighted by Gasteiger charge is -2.10. The molecule has 0 aromatic heterocycles. The Hall–Kier alpha value is -3.93. The van der Waals surface area contributed by atoms with Crippen LogP contribution in [0.3, 0.4) is 0 Å². The number of hydrogen-bond donors (Lipinski definition) is 2. The molecule has 2 N–H and O–H groups in total. The molecule has 0 aliphatic heterocycles. The average molecular weight is 445 g/mol. The van der Waals surface area contributed by atoms with Crippen LogP contribution in [0.25, 0.3) is 0 Å². The molecule has 6 nitrogen and oxygen atoms in total. The molecule has 0 heterocycles. The first kappa shape index (κ1) is 23.7. The lowest BCUT2D eigenvalue weighted by atomic mass is 10.0. The molecular formula is C27H28N2O4. The van der Waals surface area contributed by atoms with Crippen LogP contribution in [0.5, 0.6) is 5.75 Å². The number of hydrogen-bond acceptors (Lipinski definition) is 4. The molecule has 3 aromatic carbocycles. The van der Waals surface area contributed by atoms with Crippen LogP contribution in [0.15, 0.2) is 78.9 Å². The molecule has 33 heavy (non-hydrogen) atoms. The molecule has 170 valence electrons. The molecule has 0 radical (unpaired) electrons. The minimum atomic E-state index is -0.274. The largest absolute Gasteiger partial charge is 0.484 e. The summed E-state index contributed by atoms with van der Waals surface area (Å²) in [5.74, 6) is 0.443. The fourth-order valence-corrected chi connectivity index (χ4v) is 3.16. The van der Waals surface area contributed by atoms with Crippen molar-refractivity contribution in [2.24, 2.45) is 0 Å². The molecule has 0 spiro atoms. The van der Waals surface area contributed by atoms with E-state index in [0.29, 0.717) is 28.4 Å². The molecule has 0 atom stereocenters. The fourth-order valence-electron chi connectivity index (χ4n) is 3.16. The Labute approximate surface area is 194 Å². The van der Waals surface area contributed by atoms with Crippen molar-refractivity contribution in [2.45, 2.75) is 19.8 Å². The van der Waals surface area contributed by atoms with Crippen LogP contribution in [-0.4, -0.2) is 37.3 Å². The first-order valence-electron chi connectivity index (χ1n) is 10.9. The second-order valence-electron chi connectivity index (χ2n) is 7.89. The monoisotopic (exact) mass is 444 g/mol. The van der Waals surface area contributed by atoms with Gasteiger partial charge in [0.05, 0.1) is 0 Å². The van der Waals surface area contributed by atoms with Crippen molar-refractivity contribution in [1.29, 1.82) is 0 Å². The summed E-state index contributed by atoms with van der Waals surface area (Å²) in [5, 5.41) is 5.45. The number of benzene rings is 3. The Morgan fingerprint density at radius 1 is 0.727 bits per heavy atom. The van der Waals surface area contributed by atoms with Crippen LogP contribution < -0.4 is 15.4 Å². The molecule has 2 amide bonds. The summed E-state index contributed by atoms with van der Waals surface area (Å²) in [6.45, 7) is 4.70. The predicted octanol–water partition coefficient (Wildman–Crippen LogP) is 3.97. The molecule has 0 fully saturated rings. The van der Waals surface area contributed by atoms with E-state index in [1.165, 1.54) is 5.56 Å². The number of nitrogens with one attached hydrogen (secondary N) is 2. The highest BCUT2D eigenvalue weighted by Crippen LogP contribution is 2.18. The minimum Gasteiger partial charge on any atom is -0.484 e. The van der Waals surface area contributed by atoms with Gasteiger partial charge in [0.25, 0.3) is 11.8 Å². The van der Waals surface area contributed by atoms with Crippen LogP contribution in [0, 0.1) is 0 Å². The minimum absolute atomic E-state index is 0.0914. The average Bonchev–Trinajstić information content (AvgIpc) is 2.85. The summed E-state index contributed by atoms with van der Waals surface area (Å²) in [6, 6.07) is 23.1. The molecule has 3 aromatic rings. The lowest BCUT2D eigenvalue weighted by Crippen LogP contribution is -2.36. The van der Waals surface area contributed by atoms with Gasteiger partial charge in [-0.25, -0.2) is 0 Å². The highest BCUT2D eigenvalue weighted by Gasteiger charge is 2.11. The smallest absolute Gasteiger partial charge is 0.258 e. The maximum Gasteiger partial charge on any atom is 0.258 e. The van der Waals surface area contributed by atoms with Gasteiger partial charge in [0.1, 0.15) is 5.75 Å². The van der Waals surface area contributed by atoms with Crippen LogP contribution >= 0.6 is 0 Å². The van der Waals surface area contributed by atoms with E-state index in [1.807, 2.05) is 42.5 Å². The van der Waals surface area contributed by atoms with Gasteiger partial charge >= 0.3 is 0 Å². The van der Waals surface area contributed by atoms with Gasteiger partial charge in [-0.2, -0.15) is 0 Å². The van der Waals surface area contributed by atoms with E-state index >= 15 is 0 Å². The molecule has 0 bridgehead atoms. The summed E-state index contributed by atoms with van der Waals surface area (Å²) < 4.78 is 5.49. The number of carbonyl (C=O) groups excluding carboxylic acids is 3. The predicted molar refractivity (Wildman–Crippen MR) is 128 cm³/mol. The third-order valence-electron chi connectivity index (χ3n) is 5.09. The van der Waals surface area contributed by atoms with E-state index in [1.54, 1.807) is 36.4 Å². The van der Waals surface area contributed by atoms with E-state index in [0.717, 1.165) is 0 Å². The first-order valence-corrected chi connectivity index (χ1v) is 10.9. The SMILES string of the molecule is CC(C)c1ccc(OCC(=O)NCCNC(=O)c2ccc(C(=O)c3ccccc3)cc2)cc1. The Kier molecular flexibility index (Phi) is 8.36. The Morgan fingerprint density at radius 3 is 1.94 bits per heavy atom. The summed E-state index contributed by atoms with van der Waals surface area (Å²) in [5.41, 5.74) is 2.77. The van der Waals surface area contributed by atoms with Gasteiger partial charge in [-0.05, 0) is 35.7 Å². The third kappa shape index (κ3) is 7.04. The standard InChI is InChI=1S/C27H28N2O4/c1-19(2)20-12-14-24(15-13-20)33-18-25(30)28-16-17-29-27(32)23-10-8-22(9-11-23)26(31)21-6-4-3-5-7-21/h3-15,19H,16-18H2,1-2H3,(H,28,30)(H,29,32). The topological polar surface area (TPSA) is 84.5 Å². The summed E-state index contributed by atoms with van der Waals surface area (Å²) >= 11 is 0. The Morgan fingerprint density at radius 2 is 1.30 bits per heavy atom. The summed E-state index contributed by atoms with van der Waals surface area (Å²) in [7, 11) is 0. The van der Waals surface area contributed by atoms with Crippen LogP contribution in [0.4, 0.5) is 0 Å². The lowest BCUT2D eigenvalue weighted by molar-refractivity contribution is -0.123. The van der Waals surface area contributed by atoms with E-state index in [9.17, 15) is 14.4 Å². The van der Waals surface area contributed by atoms with Crippen molar-refractivity contribution in [2.75, 3.05) is 19.7 Å². The Balaban J connectivity index is 1.37. The number of rotatable bonds is 10. The molecule has 0 unspecified atom stereocenters. The number of amides is 2. The third-order valence-corrected chi connectivity index (χ3v) is 5.09. The van der Waals surface area contributed by atoms with Gasteiger partial charge in [-0.3, -0.25) is 14.4 Å². The zero-order valence-corrected chi connectivity index (χ0v) is 18.8. The van der Waals surface area contributed by atoms with Crippen molar-refractivity contribution in [3.63, 3.8) is 0 Å². The van der Waals surface area contributed by atoms with E-state index in [-0.39, 0.29) is 37.3 Å². The zero-order valence-electron chi connectivity index (χ0n) is 18.8. The van der Waals surface area contributed by atoms with Gasteiger partial charge < -0.3 is 15.4 Å². The van der Waals surface area contributed by atoms with Gasteiger partial charge in [-0.15, -0.1) is 0 Å². The quantitative estimate of drug-likeness (QED) is 0.366. The maximum absolute atomic E-state index is 12.4. The van der Waals surface area contributed by atoms with Crippen molar-refractivity contribution in [3.05, 3.63) is 101 Å². The molecule has 0 saturated heterocycles. The van der Waals surface area contributed by atoms with Crippen LogP contribution in [-0.2, 0) is 4.79 Å². The van der Waals surface area contributed by atoms with E-state index in [4.69, 9.17) is 4.74 Å². The Bertz CT molecular complexity index is 1080. The summed E-state index contributed by atoms with van der Waals surface area (Å²) in [4.78, 5) is 36.7. The summed E-state index contributed by atoms with van der Waals surface area (Å²) in [6.07, 6.45) is 0. The first-order chi connectivity index (χ1) is 15.9. The second kappa shape index (κ2) is 11.6. The highest BCUT2D eigenvalue weighted by molar-refractivity contribution is 6.09. The number of ether oxygens (including phenoxy) is 1. The molecule has 6 heteroatoms. The van der Waals surface area contributed by atoms with Crippen molar-refractivity contribution < 1.29 is 19.1 Å². The molecule has 0 saturated carbocycles. The molecule has 3 rings (SSSR count). The number of ketones is 1. The van der Waals surface area contributed by atoms with Crippen LogP contribution in [0.2, 0.25) is 0 Å². The molecular weight excluding hydrogens is 416 g/mol. The van der Waals surface area contributed by atoms with E-state index in [2.05, 4.69) is 24.5 Å². The number of carbonyl (C=O) groups is 3. The van der Waals surface area contributed by atoms with Crippen LogP contribution in [0.1, 0.15) is 51.6 Å². The fraction of sp³-hybridized carbons (Fsp3) is 0.222. The zero-order chi connectivity index (χ0) is 23.6. The maximum atomic E-state index is 12.4. The van der Waals surface area contributed by atoms with Crippen molar-refractivity contribution in [1.82, 2.24) is 10.6 Å². The molecule has 0 aliphatic carbocycles. The molecule has 0 aliphatic rings. The van der Waals surface area contributed by atoms with Crippen molar-refractivity contribution >= 4 is 17.6 Å². The van der Waals surface area contributed by atoms with Crippen molar-refractivity contribution in [3.8, 4) is 5.75 Å². The van der Waals surface area contributed by atoms with Gasteiger partial charge in [0.2, 0.25) is 0 Å². The van der Waals surface area contributed by atoms with Gasteiger partial charge in [-0.1, -0.05) is 68.4 Å². The second-order valence-corrected chi connectivity index (χ2v) is 7.89. The van der Waals surface area contributed by atoms with Gasteiger partial charge in [0, 0.05) is 29.8 Å². The van der Waals surface area contributed by atoms with E-state index < -0.39 is 0 Å². The highest BCUT2D eigenvalue weighted by atomic mass is 16.5. The van der Waals surface area contributed by atoms with Gasteiger partial charge in [0.15, 0.2) is 12.4 Å².